The molecule has 36 heavy (non-hydrogen) atoms. The Morgan fingerprint density at radius 2 is 1.78 bits per heavy atom. The number of hydrogen-bond acceptors (Lipinski definition) is 5. The van der Waals surface area contributed by atoms with Gasteiger partial charge in [0.05, 0.1) is 35.5 Å². The van der Waals surface area contributed by atoms with Crippen molar-refractivity contribution in [3.63, 3.8) is 0 Å². The minimum Gasteiger partial charge on any atom is -0.481 e. The van der Waals surface area contributed by atoms with Gasteiger partial charge in [-0.05, 0) is 41.0 Å². The molecule has 1 saturated heterocycles. The van der Waals surface area contributed by atoms with Gasteiger partial charge in [0.25, 0.3) is 5.91 Å². The Kier molecular flexibility index (Phi) is 6.13. The number of imidazole rings is 1. The number of carbonyl (C=O) groups excluding carboxylic acids is 1. The first-order valence-corrected chi connectivity index (χ1v) is 13.5. The van der Waals surface area contributed by atoms with Crippen LogP contribution in [-0.4, -0.2) is 52.1 Å². The van der Waals surface area contributed by atoms with E-state index in [1.807, 2.05) is 42.5 Å². The number of aryl methyl sites for hydroxylation is 1. The fraction of sp³-hybridized carbons (Fsp3) is 0.269. The summed E-state index contributed by atoms with van der Waals surface area (Å²) in [5.41, 5.74) is 1.89. The van der Waals surface area contributed by atoms with E-state index in [4.69, 9.17) is 0 Å². The van der Waals surface area contributed by atoms with Crippen LogP contribution in [0.5, 0.6) is 0 Å². The number of hydrogen-bond donors (Lipinski definition) is 2. The zero-order valence-electron chi connectivity index (χ0n) is 19.4. The Hall–Kier alpha value is -3.92. The lowest BCUT2D eigenvalue weighted by Crippen LogP contribution is -2.35. The standard InChI is InChI=1S/C26H25N3O6S/c30-24(31)10-12-28-23-14-18(25(32)27-20-11-13-36(34,35)16-20)8-9-22(23)29(26(28)33)15-19-6-3-5-17-4-1-2-7-21(17)19/h1-9,14,20H,10-13,15-16H2,(H,27,32)(H,30,31). The van der Waals surface area contributed by atoms with E-state index in [0.717, 1.165) is 16.3 Å². The van der Waals surface area contributed by atoms with Crippen molar-refractivity contribution in [2.75, 3.05) is 11.5 Å². The highest BCUT2D eigenvalue weighted by molar-refractivity contribution is 7.91. The first kappa shape index (κ1) is 23.8. The van der Waals surface area contributed by atoms with Crippen molar-refractivity contribution in [2.45, 2.75) is 32.0 Å². The molecule has 4 aromatic rings. The predicted octanol–water partition coefficient (Wildman–Crippen LogP) is 2.40. The Morgan fingerprint density at radius 3 is 2.53 bits per heavy atom. The molecule has 1 aliphatic rings. The van der Waals surface area contributed by atoms with E-state index in [2.05, 4.69) is 5.32 Å². The van der Waals surface area contributed by atoms with E-state index in [9.17, 15) is 27.9 Å². The summed E-state index contributed by atoms with van der Waals surface area (Å²) < 4.78 is 26.4. The molecule has 0 spiro atoms. The third kappa shape index (κ3) is 4.64. The maximum absolute atomic E-state index is 13.4. The second kappa shape index (κ2) is 9.27. The van der Waals surface area contributed by atoms with E-state index < -0.39 is 27.8 Å². The SMILES string of the molecule is O=C(O)CCn1c(=O)n(Cc2cccc3ccccc23)c2ccc(C(=O)NC3CCS(=O)(=O)C3)cc21. The minimum absolute atomic E-state index is 0.0425. The molecule has 1 atom stereocenters. The van der Waals surface area contributed by atoms with Gasteiger partial charge in [0, 0.05) is 18.2 Å². The number of nitrogens with zero attached hydrogens (tertiary/aromatic N) is 2. The molecule has 0 aliphatic carbocycles. The molecule has 0 saturated carbocycles. The first-order valence-electron chi connectivity index (χ1n) is 11.6. The zero-order valence-corrected chi connectivity index (χ0v) is 20.2. The van der Waals surface area contributed by atoms with Crippen LogP contribution in [0.1, 0.15) is 28.8 Å². The largest absolute Gasteiger partial charge is 0.481 e. The van der Waals surface area contributed by atoms with Gasteiger partial charge in [-0.15, -0.1) is 0 Å². The Morgan fingerprint density at radius 1 is 1.00 bits per heavy atom. The molecule has 0 radical (unpaired) electrons. The van der Waals surface area contributed by atoms with E-state index in [1.54, 1.807) is 22.8 Å². The van der Waals surface area contributed by atoms with Crippen LogP contribution in [0.25, 0.3) is 21.8 Å². The van der Waals surface area contributed by atoms with E-state index in [-0.39, 0.29) is 42.3 Å². The van der Waals surface area contributed by atoms with Gasteiger partial charge in [-0.3, -0.25) is 18.7 Å². The van der Waals surface area contributed by atoms with Gasteiger partial charge < -0.3 is 10.4 Å². The fourth-order valence-corrected chi connectivity index (χ4v) is 6.49. The van der Waals surface area contributed by atoms with Gasteiger partial charge in [0.15, 0.2) is 9.84 Å². The number of carbonyl (C=O) groups is 2. The number of aliphatic carboxylic acids is 1. The number of rotatable bonds is 7. The molecule has 186 valence electrons. The number of benzene rings is 3. The molecule has 5 rings (SSSR count). The number of aromatic nitrogens is 2. The molecule has 3 aromatic carbocycles. The molecule has 0 bridgehead atoms. The maximum atomic E-state index is 13.4. The first-order chi connectivity index (χ1) is 17.2. The Labute approximate surface area is 206 Å². The molecular weight excluding hydrogens is 482 g/mol. The number of carboxylic acid groups (broad SMARTS) is 1. The molecular formula is C26H25N3O6S. The van der Waals surface area contributed by atoms with Gasteiger partial charge in [0.1, 0.15) is 0 Å². The van der Waals surface area contributed by atoms with Crippen molar-refractivity contribution < 1.29 is 23.1 Å². The van der Waals surface area contributed by atoms with Crippen molar-refractivity contribution in [2.24, 2.45) is 0 Å². The normalized spacial score (nSPS) is 16.9. The molecule has 1 aromatic heterocycles. The van der Waals surface area contributed by atoms with Gasteiger partial charge in [0.2, 0.25) is 0 Å². The number of nitrogens with one attached hydrogen (secondary N) is 1. The molecule has 10 heteroatoms. The number of sulfone groups is 1. The van der Waals surface area contributed by atoms with Crippen LogP contribution < -0.4 is 11.0 Å². The lowest BCUT2D eigenvalue weighted by atomic mass is 10.0. The van der Waals surface area contributed by atoms with Gasteiger partial charge in [-0.25, -0.2) is 13.2 Å². The Balaban J connectivity index is 1.54. The van der Waals surface area contributed by atoms with Crippen LogP contribution in [-0.2, 0) is 27.7 Å². The van der Waals surface area contributed by atoms with Crippen molar-refractivity contribution in [3.05, 3.63) is 82.3 Å². The van der Waals surface area contributed by atoms with E-state index >= 15 is 0 Å². The van der Waals surface area contributed by atoms with Crippen molar-refractivity contribution in [3.8, 4) is 0 Å². The Bertz CT molecular complexity index is 1660. The van der Waals surface area contributed by atoms with Gasteiger partial charge >= 0.3 is 11.7 Å². The van der Waals surface area contributed by atoms with Crippen molar-refractivity contribution in [1.82, 2.24) is 14.5 Å². The zero-order chi connectivity index (χ0) is 25.4. The highest BCUT2D eigenvalue weighted by Crippen LogP contribution is 2.22. The summed E-state index contributed by atoms with van der Waals surface area (Å²) in [5.74, 6) is -1.51. The molecule has 1 aliphatic heterocycles. The van der Waals surface area contributed by atoms with E-state index in [0.29, 0.717) is 17.5 Å². The fourth-order valence-electron chi connectivity index (χ4n) is 4.82. The van der Waals surface area contributed by atoms with E-state index in [1.165, 1.54) is 4.57 Å². The monoisotopic (exact) mass is 507 g/mol. The number of amides is 1. The lowest BCUT2D eigenvalue weighted by Gasteiger charge is -2.11. The molecule has 9 nitrogen and oxygen atoms in total. The maximum Gasteiger partial charge on any atom is 0.329 e. The average Bonchev–Trinajstić information content (AvgIpc) is 3.32. The third-order valence-corrected chi connectivity index (χ3v) is 8.37. The van der Waals surface area contributed by atoms with Crippen LogP contribution in [0.2, 0.25) is 0 Å². The predicted molar refractivity (Wildman–Crippen MR) is 136 cm³/mol. The third-order valence-electron chi connectivity index (χ3n) is 6.61. The molecule has 2 heterocycles. The average molecular weight is 508 g/mol. The topological polar surface area (TPSA) is 127 Å². The smallest absolute Gasteiger partial charge is 0.329 e. The quantitative estimate of drug-likeness (QED) is 0.395. The highest BCUT2D eigenvalue weighted by atomic mass is 32.2. The summed E-state index contributed by atoms with van der Waals surface area (Å²) >= 11 is 0. The van der Waals surface area contributed by atoms with Crippen LogP contribution in [0.4, 0.5) is 0 Å². The summed E-state index contributed by atoms with van der Waals surface area (Å²) in [5, 5.41) is 14.0. The van der Waals surface area contributed by atoms with Crippen molar-refractivity contribution >= 4 is 43.5 Å². The molecule has 1 amide bonds. The lowest BCUT2D eigenvalue weighted by molar-refractivity contribution is -0.137. The summed E-state index contributed by atoms with van der Waals surface area (Å²) in [4.78, 5) is 37.6. The highest BCUT2D eigenvalue weighted by Gasteiger charge is 2.29. The summed E-state index contributed by atoms with van der Waals surface area (Å²) in [6, 6.07) is 18.1. The van der Waals surface area contributed by atoms with Crippen LogP contribution in [0.3, 0.4) is 0 Å². The second-order valence-corrected chi connectivity index (χ2v) is 11.3. The van der Waals surface area contributed by atoms with Gasteiger partial charge in [-0.2, -0.15) is 0 Å². The molecule has 2 N–H and O–H groups in total. The van der Waals surface area contributed by atoms with Crippen LogP contribution >= 0.6 is 0 Å². The summed E-state index contributed by atoms with van der Waals surface area (Å²) in [6.45, 7) is 0.237. The molecule has 1 fully saturated rings. The van der Waals surface area contributed by atoms with Gasteiger partial charge in [-0.1, -0.05) is 42.5 Å². The minimum atomic E-state index is -3.15. The second-order valence-electron chi connectivity index (χ2n) is 9.08. The molecule has 1 unspecified atom stereocenters. The summed E-state index contributed by atoms with van der Waals surface area (Å²) in [6.07, 6.45) is 0.116. The number of fused-ring (bicyclic) bond motifs is 2. The van der Waals surface area contributed by atoms with Crippen molar-refractivity contribution in [1.29, 1.82) is 0 Å². The summed E-state index contributed by atoms with van der Waals surface area (Å²) in [7, 11) is -3.15. The number of carboxylic acids is 1. The van der Waals surface area contributed by atoms with Crippen LogP contribution in [0, 0.1) is 0 Å². The van der Waals surface area contributed by atoms with Crippen LogP contribution in [0.15, 0.2) is 65.5 Å².